The van der Waals surface area contributed by atoms with Crippen LogP contribution in [-0.2, 0) is 6.54 Å². The Hall–Kier alpha value is -1.75. The summed E-state index contributed by atoms with van der Waals surface area (Å²) in [5, 5.41) is 12.5. The number of phenols is 1. The second-order valence-electron chi connectivity index (χ2n) is 4.99. The average Bonchev–Trinajstić information content (AvgIpc) is 3.20. The first-order chi connectivity index (χ1) is 9.65. The number of phenolic OH excluding ortho intramolecular Hbond substituents is 1. The number of aromatic hydroxyl groups is 1. The maximum atomic E-state index is 12.3. The molecule has 2 N–H and O–H groups in total. The lowest BCUT2D eigenvalue weighted by molar-refractivity contribution is 0.0941. The lowest BCUT2D eigenvalue weighted by Crippen LogP contribution is -2.25. The minimum Gasteiger partial charge on any atom is -0.508 e. The zero-order chi connectivity index (χ0) is 14.1. The van der Waals surface area contributed by atoms with Crippen molar-refractivity contribution in [2.24, 2.45) is 0 Å². The highest BCUT2D eigenvalue weighted by Crippen LogP contribution is 2.37. The molecule has 0 unspecified atom stereocenters. The Labute approximate surface area is 125 Å². The molecule has 104 valence electrons. The molecule has 1 amide bonds. The molecule has 1 aromatic carbocycles. The van der Waals surface area contributed by atoms with E-state index in [9.17, 15) is 9.90 Å². The van der Waals surface area contributed by atoms with Crippen LogP contribution < -0.4 is 5.32 Å². The smallest absolute Gasteiger partial charge is 0.268 e. The first kappa shape index (κ1) is 13.2. The van der Waals surface area contributed by atoms with Gasteiger partial charge in [0.1, 0.15) is 11.4 Å². The molecule has 3 rings (SSSR count). The number of rotatable bonds is 4. The second kappa shape index (κ2) is 5.32. The van der Waals surface area contributed by atoms with Crippen LogP contribution in [0.15, 0.2) is 41.0 Å². The van der Waals surface area contributed by atoms with Gasteiger partial charge in [-0.2, -0.15) is 0 Å². The van der Waals surface area contributed by atoms with E-state index in [2.05, 4.69) is 21.2 Å². The van der Waals surface area contributed by atoms with Crippen molar-refractivity contribution in [3.8, 4) is 5.75 Å². The number of carbonyl (C=O) groups excluding carboxylic acids is 1. The Morgan fingerprint density at radius 3 is 2.85 bits per heavy atom. The van der Waals surface area contributed by atoms with Crippen LogP contribution in [-0.4, -0.2) is 15.6 Å². The molecular formula is C15H15BrN2O2. The Morgan fingerprint density at radius 1 is 1.40 bits per heavy atom. The predicted molar refractivity (Wildman–Crippen MR) is 79.7 cm³/mol. The summed E-state index contributed by atoms with van der Waals surface area (Å²) in [6.07, 6.45) is 4.20. The first-order valence-electron chi connectivity index (χ1n) is 6.57. The van der Waals surface area contributed by atoms with Crippen LogP contribution in [0.4, 0.5) is 0 Å². The number of nitrogens with one attached hydrogen (secondary N) is 1. The van der Waals surface area contributed by atoms with Gasteiger partial charge in [0.15, 0.2) is 0 Å². The Bertz CT molecular complexity index is 647. The van der Waals surface area contributed by atoms with Crippen molar-refractivity contribution in [3.05, 3.63) is 52.3 Å². The lowest BCUT2D eigenvalue weighted by atomic mass is 10.2. The van der Waals surface area contributed by atoms with Crippen LogP contribution >= 0.6 is 15.9 Å². The van der Waals surface area contributed by atoms with Crippen LogP contribution in [0.1, 0.15) is 34.9 Å². The summed E-state index contributed by atoms with van der Waals surface area (Å²) in [5.74, 6) is 0.0809. The van der Waals surface area contributed by atoms with E-state index >= 15 is 0 Å². The molecule has 0 bridgehead atoms. The molecule has 1 aliphatic carbocycles. The second-order valence-corrected chi connectivity index (χ2v) is 5.91. The SMILES string of the molecule is O=C(NCc1ccccc1O)c1cc(Br)cn1C1CC1. The highest BCUT2D eigenvalue weighted by atomic mass is 79.9. The number of halogens is 1. The maximum Gasteiger partial charge on any atom is 0.268 e. The van der Waals surface area contributed by atoms with Gasteiger partial charge in [-0.1, -0.05) is 18.2 Å². The van der Waals surface area contributed by atoms with Gasteiger partial charge in [0.2, 0.25) is 0 Å². The highest BCUT2D eigenvalue weighted by molar-refractivity contribution is 9.10. The number of hydrogen-bond acceptors (Lipinski definition) is 2. The third-order valence-electron chi connectivity index (χ3n) is 3.42. The fourth-order valence-corrected chi connectivity index (χ4v) is 2.65. The van der Waals surface area contributed by atoms with Gasteiger partial charge < -0.3 is 15.0 Å². The van der Waals surface area contributed by atoms with Crippen molar-refractivity contribution in [3.63, 3.8) is 0 Å². The summed E-state index contributed by atoms with van der Waals surface area (Å²) in [6, 6.07) is 9.29. The quantitative estimate of drug-likeness (QED) is 0.901. The molecule has 5 heteroatoms. The van der Waals surface area contributed by atoms with Gasteiger partial charge in [0.05, 0.1) is 0 Å². The summed E-state index contributed by atoms with van der Waals surface area (Å²) in [4.78, 5) is 12.3. The fourth-order valence-electron chi connectivity index (χ4n) is 2.21. The standard InChI is InChI=1S/C15H15BrN2O2/c16-11-7-13(18(9-11)12-5-6-12)15(20)17-8-10-3-1-2-4-14(10)19/h1-4,7,9,12,19H,5-6,8H2,(H,17,20). The van der Waals surface area contributed by atoms with Crippen LogP contribution in [0.5, 0.6) is 5.75 Å². The van der Waals surface area contributed by atoms with Crippen molar-refractivity contribution in [1.29, 1.82) is 0 Å². The van der Waals surface area contributed by atoms with Crippen molar-refractivity contribution in [2.45, 2.75) is 25.4 Å². The molecule has 1 aliphatic rings. The minimum atomic E-state index is -0.120. The van der Waals surface area contributed by atoms with Crippen molar-refractivity contribution >= 4 is 21.8 Å². The predicted octanol–water partition coefficient (Wildman–Crippen LogP) is 3.22. The van der Waals surface area contributed by atoms with Crippen LogP contribution in [0.25, 0.3) is 0 Å². The molecular weight excluding hydrogens is 320 g/mol. The highest BCUT2D eigenvalue weighted by Gasteiger charge is 2.27. The molecule has 0 radical (unpaired) electrons. The van der Waals surface area contributed by atoms with Gasteiger partial charge >= 0.3 is 0 Å². The van der Waals surface area contributed by atoms with E-state index in [4.69, 9.17) is 0 Å². The molecule has 0 saturated heterocycles. The number of aromatic nitrogens is 1. The summed E-state index contributed by atoms with van der Waals surface area (Å²) in [7, 11) is 0. The molecule has 1 saturated carbocycles. The van der Waals surface area contributed by atoms with E-state index in [0.29, 0.717) is 23.8 Å². The van der Waals surface area contributed by atoms with E-state index in [-0.39, 0.29) is 11.7 Å². The third-order valence-corrected chi connectivity index (χ3v) is 3.85. The van der Waals surface area contributed by atoms with Crippen LogP contribution in [0, 0.1) is 0 Å². The number of para-hydroxylation sites is 1. The van der Waals surface area contributed by atoms with Gasteiger partial charge in [-0.25, -0.2) is 0 Å². The molecule has 4 nitrogen and oxygen atoms in total. The Balaban J connectivity index is 1.72. The monoisotopic (exact) mass is 334 g/mol. The van der Waals surface area contributed by atoms with Gasteiger partial charge in [0.25, 0.3) is 5.91 Å². The number of carbonyl (C=O) groups is 1. The number of nitrogens with zero attached hydrogens (tertiary/aromatic N) is 1. The van der Waals surface area contributed by atoms with Crippen LogP contribution in [0.3, 0.4) is 0 Å². The Morgan fingerprint density at radius 2 is 2.15 bits per heavy atom. The van der Waals surface area contributed by atoms with E-state index in [1.807, 2.05) is 22.9 Å². The van der Waals surface area contributed by atoms with Crippen molar-refractivity contribution < 1.29 is 9.90 Å². The molecule has 0 atom stereocenters. The Kier molecular flexibility index (Phi) is 3.53. The normalized spacial score (nSPS) is 14.2. The number of hydrogen-bond donors (Lipinski definition) is 2. The van der Waals surface area contributed by atoms with E-state index in [1.165, 1.54) is 0 Å². The summed E-state index contributed by atoms with van der Waals surface area (Å²) >= 11 is 3.41. The first-order valence-corrected chi connectivity index (χ1v) is 7.37. The molecule has 20 heavy (non-hydrogen) atoms. The summed E-state index contributed by atoms with van der Waals surface area (Å²) < 4.78 is 2.93. The van der Waals surface area contributed by atoms with Crippen LogP contribution in [0.2, 0.25) is 0 Å². The molecule has 1 fully saturated rings. The third kappa shape index (κ3) is 2.72. The number of amides is 1. The van der Waals surface area contributed by atoms with Gasteiger partial charge in [-0.3, -0.25) is 4.79 Å². The number of benzene rings is 1. The zero-order valence-electron chi connectivity index (χ0n) is 10.8. The topological polar surface area (TPSA) is 54.3 Å². The molecule has 1 heterocycles. The largest absolute Gasteiger partial charge is 0.508 e. The van der Waals surface area contributed by atoms with Gasteiger partial charge in [0, 0.05) is 28.8 Å². The lowest BCUT2D eigenvalue weighted by Gasteiger charge is -2.09. The minimum absolute atomic E-state index is 0.120. The van der Waals surface area contributed by atoms with E-state index in [1.54, 1.807) is 18.2 Å². The maximum absolute atomic E-state index is 12.3. The molecule has 0 spiro atoms. The molecule has 0 aliphatic heterocycles. The fraction of sp³-hybridized carbons (Fsp3) is 0.267. The van der Waals surface area contributed by atoms with Crippen molar-refractivity contribution in [2.75, 3.05) is 0 Å². The summed E-state index contributed by atoms with van der Waals surface area (Å²) in [5.41, 5.74) is 1.37. The summed E-state index contributed by atoms with van der Waals surface area (Å²) in [6.45, 7) is 0.318. The van der Waals surface area contributed by atoms with Gasteiger partial charge in [-0.15, -0.1) is 0 Å². The zero-order valence-corrected chi connectivity index (χ0v) is 12.4. The molecule has 2 aromatic rings. The van der Waals surface area contributed by atoms with Gasteiger partial charge in [-0.05, 0) is 40.9 Å². The molecule has 1 aromatic heterocycles. The van der Waals surface area contributed by atoms with Crippen molar-refractivity contribution in [1.82, 2.24) is 9.88 Å². The average molecular weight is 335 g/mol. The van der Waals surface area contributed by atoms with E-state index < -0.39 is 0 Å². The van der Waals surface area contributed by atoms with E-state index in [0.717, 1.165) is 17.3 Å².